The smallest absolute Gasteiger partial charge is 0.161 e. The molecule has 0 aliphatic heterocycles. The number of hydrogen-bond acceptors (Lipinski definition) is 3. The van der Waals surface area contributed by atoms with E-state index in [1.54, 1.807) is 14.2 Å². The van der Waals surface area contributed by atoms with E-state index in [1.165, 1.54) is 12.1 Å². The molecule has 5 heteroatoms. The monoisotopic (exact) mass is 353 g/mol. The van der Waals surface area contributed by atoms with Gasteiger partial charge in [0.2, 0.25) is 0 Å². The van der Waals surface area contributed by atoms with Crippen LogP contribution in [0.25, 0.3) is 0 Å². The second-order valence-electron chi connectivity index (χ2n) is 4.54. The summed E-state index contributed by atoms with van der Waals surface area (Å²) in [7, 11) is 5.02. The van der Waals surface area contributed by atoms with Gasteiger partial charge in [-0.3, -0.25) is 0 Å². The van der Waals surface area contributed by atoms with Gasteiger partial charge in [-0.05, 0) is 48.5 Å². The Morgan fingerprint density at radius 1 is 1.00 bits per heavy atom. The first-order valence-corrected chi connectivity index (χ1v) is 7.23. The van der Waals surface area contributed by atoms with Crippen LogP contribution in [0.5, 0.6) is 11.5 Å². The number of hydrogen-bond donors (Lipinski definition) is 1. The molecule has 1 N–H and O–H groups in total. The lowest BCUT2D eigenvalue weighted by molar-refractivity contribution is 0.354. The van der Waals surface area contributed by atoms with E-state index in [0.717, 1.165) is 11.1 Å². The lowest BCUT2D eigenvalue weighted by atomic mass is 9.98. The fourth-order valence-corrected chi connectivity index (χ4v) is 2.78. The third kappa shape index (κ3) is 3.54. The van der Waals surface area contributed by atoms with E-state index in [2.05, 4.69) is 21.2 Å². The fraction of sp³-hybridized carbons (Fsp3) is 0.250. The Morgan fingerprint density at radius 2 is 1.71 bits per heavy atom. The van der Waals surface area contributed by atoms with Gasteiger partial charge in [0.25, 0.3) is 0 Å². The Kier molecular flexibility index (Phi) is 5.20. The summed E-state index contributed by atoms with van der Waals surface area (Å²) in [4.78, 5) is 0. The van der Waals surface area contributed by atoms with Crippen molar-refractivity contribution in [2.75, 3.05) is 21.3 Å². The van der Waals surface area contributed by atoms with Gasteiger partial charge in [-0.2, -0.15) is 0 Å². The zero-order valence-electron chi connectivity index (χ0n) is 12.1. The number of halogens is 2. The van der Waals surface area contributed by atoms with Crippen LogP contribution in [0.4, 0.5) is 4.39 Å². The number of rotatable bonds is 5. The minimum Gasteiger partial charge on any atom is -0.493 e. The highest BCUT2D eigenvalue weighted by atomic mass is 79.9. The summed E-state index contributed by atoms with van der Waals surface area (Å²) in [5.41, 5.74) is 1.80. The maximum absolute atomic E-state index is 13.6. The Labute approximate surface area is 132 Å². The van der Waals surface area contributed by atoms with Gasteiger partial charge >= 0.3 is 0 Å². The lowest BCUT2D eigenvalue weighted by Crippen LogP contribution is -2.18. The van der Waals surface area contributed by atoms with Crippen molar-refractivity contribution >= 4 is 15.9 Å². The lowest BCUT2D eigenvalue weighted by Gasteiger charge is -2.19. The summed E-state index contributed by atoms with van der Waals surface area (Å²) >= 11 is 3.32. The SMILES string of the molecule is CNC(c1cc(F)cc(Br)c1)c1ccc(OC)c(OC)c1. The van der Waals surface area contributed by atoms with Gasteiger partial charge in [-0.15, -0.1) is 0 Å². The van der Waals surface area contributed by atoms with Gasteiger partial charge in [0.15, 0.2) is 11.5 Å². The Morgan fingerprint density at radius 3 is 2.29 bits per heavy atom. The van der Waals surface area contributed by atoms with E-state index in [9.17, 15) is 4.39 Å². The molecule has 2 aromatic rings. The molecule has 0 saturated carbocycles. The minimum atomic E-state index is -0.278. The Balaban J connectivity index is 2.45. The van der Waals surface area contributed by atoms with Crippen molar-refractivity contribution in [3.05, 3.63) is 57.8 Å². The fourth-order valence-electron chi connectivity index (χ4n) is 2.30. The Hall–Kier alpha value is -1.59. The summed E-state index contributed by atoms with van der Waals surface area (Å²) in [6, 6.07) is 10.4. The molecule has 0 heterocycles. The highest BCUT2D eigenvalue weighted by molar-refractivity contribution is 9.10. The van der Waals surface area contributed by atoms with E-state index < -0.39 is 0 Å². The molecule has 0 fully saturated rings. The summed E-state index contributed by atoms with van der Waals surface area (Å²) < 4.78 is 24.9. The van der Waals surface area contributed by atoms with E-state index in [4.69, 9.17) is 9.47 Å². The van der Waals surface area contributed by atoms with Crippen molar-refractivity contribution < 1.29 is 13.9 Å². The zero-order valence-corrected chi connectivity index (χ0v) is 13.7. The first-order chi connectivity index (χ1) is 10.1. The standard InChI is InChI=1S/C16H17BrFNO2/c1-19-16(11-6-12(17)9-13(18)7-11)10-4-5-14(20-2)15(8-10)21-3/h4-9,16,19H,1-3H3. The molecule has 1 atom stereocenters. The number of benzene rings is 2. The van der Waals surface area contributed by atoms with Crippen LogP contribution in [0.15, 0.2) is 40.9 Å². The highest BCUT2D eigenvalue weighted by Crippen LogP contribution is 2.33. The van der Waals surface area contributed by atoms with Gasteiger partial charge < -0.3 is 14.8 Å². The molecule has 0 aliphatic carbocycles. The predicted molar refractivity (Wildman–Crippen MR) is 84.5 cm³/mol. The molecule has 1 unspecified atom stereocenters. The highest BCUT2D eigenvalue weighted by Gasteiger charge is 2.16. The molecule has 0 aliphatic rings. The van der Waals surface area contributed by atoms with Crippen molar-refractivity contribution in [3.63, 3.8) is 0 Å². The third-order valence-corrected chi connectivity index (χ3v) is 3.71. The van der Waals surface area contributed by atoms with Crippen LogP contribution in [-0.2, 0) is 0 Å². The first-order valence-electron chi connectivity index (χ1n) is 6.44. The van der Waals surface area contributed by atoms with Crippen LogP contribution in [0, 0.1) is 5.82 Å². The molecule has 0 radical (unpaired) electrons. The quantitative estimate of drug-likeness (QED) is 0.883. The molecule has 3 nitrogen and oxygen atoms in total. The van der Waals surface area contributed by atoms with Gasteiger partial charge in [0, 0.05) is 4.47 Å². The van der Waals surface area contributed by atoms with E-state index in [-0.39, 0.29) is 11.9 Å². The van der Waals surface area contributed by atoms with Crippen molar-refractivity contribution in [1.82, 2.24) is 5.32 Å². The van der Waals surface area contributed by atoms with Crippen LogP contribution in [-0.4, -0.2) is 21.3 Å². The molecule has 112 valence electrons. The topological polar surface area (TPSA) is 30.5 Å². The zero-order chi connectivity index (χ0) is 15.4. The molecule has 0 saturated heterocycles. The third-order valence-electron chi connectivity index (χ3n) is 3.25. The minimum absolute atomic E-state index is 0.142. The van der Waals surface area contributed by atoms with Gasteiger partial charge in [-0.1, -0.05) is 22.0 Å². The number of ether oxygens (including phenoxy) is 2. The molecule has 0 aromatic heterocycles. The molecule has 0 spiro atoms. The molecular formula is C16H17BrFNO2. The Bertz CT molecular complexity index is 613. The molecule has 2 rings (SSSR count). The van der Waals surface area contributed by atoms with Crippen LogP contribution in [0.3, 0.4) is 0 Å². The maximum atomic E-state index is 13.6. The van der Waals surface area contributed by atoms with Crippen LogP contribution < -0.4 is 14.8 Å². The average molecular weight is 354 g/mol. The van der Waals surface area contributed by atoms with Gasteiger partial charge in [0.05, 0.1) is 20.3 Å². The van der Waals surface area contributed by atoms with Crippen LogP contribution in [0.1, 0.15) is 17.2 Å². The van der Waals surface area contributed by atoms with Gasteiger partial charge in [-0.25, -0.2) is 4.39 Å². The largest absolute Gasteiger partial charge is 0.493 e. The maximum Gasteiger partial charge on any atom is 0.161 e. The van der Waals surface area contributed by atoms with E-state index in [1.807, 2.05) is 31.3 Å². The van der Waals surface area contributed by atoms with E-state index >= 15 is 0 Å². The molecular weight excluding hydrogens is 337 g/mol. The second-order valence-corrected chi connectivity index (χ2v) is 5.45. The van der Waals surface area contributed by atoms with Crippen molar-refractivity contribution in [3.8, 4) is 11.5 Å². The molecule has 0 amide bonds. The molecule has 0 bridgehead atoms. The summed E-state index contributed by atoms with van der Waals surface area (Å²) in [6.45, 7) is 0. The predicted octanol–water partition coefficient (Wildman–Crippen LogP) is 3.91. The van der Waals surface area contributed by atoms with Crippen LogP contribution in [0.2, 0.25) is 0 Å². The molecule has 2 aromatic carbocycles. The summed E-state index contributed by atoms with van der Waals surface area (Å²) in [5.74, 6) is 1.03. The summed E-state index contributed by atoms with van der Waals surface area (Å²) in [6.07, 6.45) is 0. The number of nitrogens with one attached hydrogen (secondary N) is 1. The van der Waals surface area contributed by atoms with Crippen LogP contribution >= 0.6 is 15.9 Å². The normalized spacial score (nSPS) is 12.0. The van der Waals surface area contributed by atoms with Crippen molar-refractivity contribution in [2.24, 2.45) is 0 Å². The first kappa shape index (κ1) is 15.8. The second kappa shape index (κ2) is 6.91. The summed E-state index contributed by atoms with van der Waals surface area (Å²) in [5, 5.41) is 3.19. The van der Waals surface area contributed by atoms with Crippen molar-refractivity contribution in [2.45, 2.75) is 6.04 Å². The average Bonchev–Trinajstić information content (AvgIpc) is 2.46. The van der Waals surface area contributed by atoms with Gasteiger partial charge in [0.1, 0.15) is 5.82 Å². The van der Waals surface area contributed by atoms with Crippen molar-refractivity contribution in [1.29, 1.82) is 0 Å². The molecule has 21 heavy (non-hydrogen) atoms. The number of methoxy groups -OCH3 is 2. The van der Waals surface area contributed by atoms with E-state index in [0.29, 0.717) is 16.0 Å².